The number of hydrogen-bond acceptors (Lipinski definition) is 6. The minimum atomic E-state index is -0.935. The van der Waals surface area contributed by atoms with Crippen LogP contribution in [0, 0.1) is 0 Å². The maximum absolute atomic E-state index is 12.1. The molecule has 4 rings (SSSR count). The SMILES string of the molecule is C=CC(=O)OCCCCCC(=O)Oc1ccc(-c2ccc(-c3ccc(-c4ccc(C(=O)O)cc4)cc3)s2)cc1. The van der Waals surface area contributed by atoms with E-state index in [2.05, 4.69) is 30.8 Å². The average molecular weight is 541 g/mol. The van der Waals surface area contributed by atoms with E-state index in [9.17, 15) is 14.4 Å². The number of ether oxygens (including phenoxy) is 2. The van der Waals surface area contributed by atoms with Gasteiger partial charge in [-0.15, -0.1) is 11.3 Å². The number of aromatic carboxylic acids is 1. The zero-order valence-electron chi connectivity index (χ0n) is 21.3. The van der Waals surface area contributed by atoms with Crippen LogP contribution in [0.2, 0.25) is 0 Å². The van der Waals surface area contributed by atoms with Gasteiger partial charge in [-0.2, -0.15) is 0 Å². The van der Waals surface area contributed by atoms with Crippen LogP contribution in [0.15, 0.2) is 97.6 Å². The largest absolute Gasteiger partial charge is 0.478 e. The first-order valence-electron chi connectivity index (χ1n) is 12.6. The second kappa shape index (κ2) is 13.3. The highest BCUT2D eigenvalue weighted by atomic mass is 32.1. The lowest BCUT2D eigenvalue weighted by Crippen LogP contribution is -2.08. The highest BCUT2D eigenvalue weighted by Gasteiger charge is 2.09. The van der Waals surface area contributed by atoms with Crippen LogP contribution >= 0.6 is 11.3 Å². The normalized spacial score (nSPS) is 10.6. The summed E-state index contributed by atoms with van der Waals surface area (Å²) in [7, 11) is 0. The fraction of sp³-hybridized carbons (Fsp3) is 0.156. The summed E-state index contributed by atoms with van der Waals surface area (Å²) < 4.78 is 10.4. The molecule has 0 spiro atoms. The molecule has 1 N–H and O–H groups in total. The molecule has 39 heavy (non-hydrogen) atoms. The van der Waals surface area contributed by atoms with Crippen molar-refractivity contribution in [3.8, 4) is 37.8 Å². The van der Waals surface area contributed by atoms with Gasteiger partial charge in [-0.05, 0) is 90.0 Å². The summed E-state index contributed by atoms with van der Waals surface area (Å²) in [5.74, 6) is -1.15. The van der Waals surface area contributed by atoms with Crippen molar-refractivity contribution in [3.05, 3.63) is 103 Å². The highest BCUT2D eigenvalue weighted by molar-refractivity contribution is 7.18. The minimum Gasteiger partial charge on any atom is -0.478 e. The second-order valence-corrected chi connectivity index (χ2v) is 9.89. The van der Waals surface area contributed by atoms with E-state index in [4.69, 9.17) is 14.6 Å². The van der Waals surface area contributed by atoms with Gasteiger partial charge < -0.3 is 14.6 Å². The molecule has 0 radical (unpaired) electrons. The predicted octanol–water partition coefficient (Wildman–Crippen LogP) is 7.64. The van der Waals surface area contributed by atoms with Crippen molar-refractivity contribution in [2.45, 2.75) is 25.7 Å². The Hall–Kier alpha value is -4.49. The molecule has 4 aromatic rings. The molecular weight excluding hydrogens is 512 g/mol. The number of esters is 2. The smallest absolute Gasteiger partial charge is 0.335 e. The van der Waals surface area contributed by atoms with E-state index in [-0.39, 0.29) is 11.5 Å². The number of carboxylic acid groups (broad SMARTS) is 1. The van der Waals surface area contributed by atoms with Gasteiger partial charge in [0.05, 0.1) is 12.2 Å². The van der Waals surface area contributed by atoms with Gasteiger partial charge in [-0.3, -0.25) is 4.79 Å². The number of carbonyl (C=O) groups is 3. The Morgan fingerprint density at radius 2 is 1.26 bits per heavy atom. The van der Waals surface area contributed by atoms with E-state index in [0.717, 1.165) is 44.5 Å². The van der Waals surface area contributed by atoms with Crippen molar-refractivity contribution in [1.29, 1.82) is 0 Å². The summed E-state index contributed by atoms with van der Waals surface area (Å²) in [5.41, 5.74) is 4.39. The molecule has 198 valence electrons. The van der Waals surface area contributed by atoms with Crippen molar-refractivity contribution in [2.75, 3.05) is 6.61 Å². The van der Waals surface area contributed by atoms with Crippen LogP contribution in [0.3, 0.4) is 0 Å². The molecule has 0 unspecified atom stereocenters. The molecule has 0 aliphatic heterocycles. The van der Waals surface area contributed by atoms with Gasteiger partial charge in [0.1, 0.15) is 5.75 Å². The van der Waals surface area contributed by atoms with Crippen LogP contribution in [0.1, 0.15) is 36.0 Å². The minimum absolute atomic E-state index is 0.269. The molecule has 0 bridgehead atoms. The molecule has 0 fully saturated rings. The lowest BCUT2D eigenvalue weighted by atomic mass is 10.0. The quantitative estimate of drug-likeness (QED) is 0.0859. The molecule has 0 amide bonds. The van der Waals surface area contributed by atoms with Gasteiger partial charge in [0, 0.05) is 22.3 Å². The van der Waals surface area contributed by atoms with Crippen molar-refractivity contribution >= 4 is 29.2 Å². The summed E-state index contributed by atoms with van der Waals surface area (Å²) >= 11 is 1.68. The van der Waals surface area contributed by atoms with Crippen molar-refractivity contribution in [3.63, 3.8) is 0 Å². The van der Waals surface area contributed by atoms with Crippen LogP contribution in [0.25, 0.3) is 32.0 Å². The first-order valence-corrected chi connectivity index (χ1v) is 13.4. The van der Waals surface area contributed by atoms with Crippen molar-refractivity contribution in [2.24, 2.45) is 0 Å². The standard InChI is InChI=1S/C32H28O6S/c1-2-30(33)37-21-5-3-4-6-31(34)38-27-17-15-25(16-18-27)29-20-19-28(39-29)24-11-7-22(8-12-24)23-9-13-26(14-10-23)32(35)36/h2,7-20H,1,3-6,21H2,(H,35,36). The monoisotopic (exact) mass is 540 g/mol. The van der Waals surface area contributed by atoms with Crippen LogP contribution in [0.5, 0.6) is 5.75 Å². The first kappa shape index (κ1) is 27.5. The summed E-state index contributed by atoms with van der Waals surface area (Å²) in [6.07, 6.45) is 3.56. The van der Waals surface area contributed by atoms with Gasteiger partial charge in [0.25, 0.3) is 0 Å². The van der Waals surface area contributed by atoms with Crippen molar-refractivity contribution < 1.29 is 29.0 Å². The highest BCUT2D eigenvalue weighted by Crippen LogP contribution is 2.36. The lowest BCUT2D eigenvalue weighted by Gasteiger charge is -2.06. The van der Waals surface area contributed by atoms with E-state index >= 15 is 0 Å². The molecule has 0 atom stereocenters. The van der Waals surface area contributed by atoms with E-state index in [1.807, 2.05) is 36.4 Å². The van der Waals surface area contributed by atoms with Crippen molar-refractivity contribution in [1.82, 2.24) is 0 Å². The summed E-state index contributed by atoms with van der Waals surface area (Å²) in [6, 6.07) is 26.7. The molecule has 7 heteroatoms. The lowest BCUT2D eigenvalue weighted by molar-refractivity contribution is -0.138. The Bertz CT molecular complexity index is 1430. The molecule has 1 aromatic heterocycles. The number of thiophene rings is 1. The van der Waals surface area contributed by atoms with Gasteiger partial charge in [0.15, 0.2) is 0 Å². The molecule has 0 aliphatic carbocycles. The van der Waals surface area contributed by atoms with E-state index in [1.54, 1.807) is 35.6 Å². The Kier molecular flexibility index (Phi) is 9.43. The van der Waals surface area contributed by atoms with Crippen LogP contribution < -0.4 is 4.74 Å². The number of carbonyl (C=O) groups excluding carboxylic acids is 2. The van der Waals surface area contributed by atoms with Gasteiger partial charge in [-0.1, -0.05) is 43.0 Å². The van der Waals surface area contributed by atoms with E-state index in [1.165, 1.54) is 0 Å². The van der Waals surface area contributed by atoms with Crippen LogP contribution in [0.4, 0.5) is 0 Å². The van der Waals surface area contributed by atoms with Gasteiger partial charge in [0.2, 0.25) is 0 Å². The average Bonchev–Trinajstić information content (AvgIpc) is 3.45. The predicted molar refractivity (Wildman–Crippen MR) is 153 cm³/mol. The molecular formula is C32H28O6S. The zero-order chi connectivity index (χ0) is 27.6. The number of unbranched alkanes of at least 4 members (excludes halogenated alkanes) is 2. The summed E-state index contributed by atoms with van der Waals surface area (Å²) in [5, 5.41) is 9.08. The molecule has 0 saturated heterocycles. The molecule has 3 aromatic carbocycles. The molecule has 0 saturated carbocycles. The topological polar surface area (TPSA) is 89.9 Å². The Morgan fingerprint density at radius 3 is 1.82 bits per heavy atom. The Labute approximate surface area is 231 Å². The van der Waals surface area contributed by atoms with Crippen LogP contribution in [-0.4, -0.2) is 29.6 Å². The third kappa shape index (κ3) is 7.75. The second-order valence-electron chi connectivity index (χ2n) is 8.80. The summed E-state index contributed by atoms with van der Waals surface area (Å²) in [6.45, 7) is 3.67. The maximum Gasteiger partial charge on any atom is 0.335 e. The maximum atomic E-state index is 12.1. The Morgan fingerprint density at radius 1 is 0.718 bits per heavy atom. The third-order valence-corrected chi connectivity index (χ3v) is 7.23. The Balaban J connectivity index is 1.29. The fourth-order valence-electron chi connectivity index (χ4n) is 3.93. The van der Waals surface area contributed by atoms with Gasteiger partial charge in [-0.25, -0.2) is 9.59 Å². The molecule has 1 heterocycles. The number of benzene rings is 3. The third-order valence-electron chi connectivity index (χ3n) is 6.05. The first-order chi connectivity index (χ1) is 18.9. The molecule has 0 aliphatic rings. The number of hydrogen-bond donors (Lipinski definition) is 1. The van der Waals surface area contributed by atoms with E-state index in [0.29, 0.717) is 31.6 Å². The fourth-order valence-corrected chi connectivity index (χ4v) is 4.95. The zero-order valence-corrected chi connectivity index (χ0v) is 22.1. The number of carboxylic acids is 1. The van der Waals surface area contributed by atoms with Crippen LogP contribution in [-0.2, 0) is 14.3 Å². The number of rotatable bonds is 12. The van der Waals surface area contributed by atoms with Gasteiger partial charge >= 0.3 is 17.9 Å². The summed E-state index contributed by atoms with van der Waals surface area (Å²) in [4.78, 5) is 36.4. The molecule has 6 nitrogen and oxygen atoms in total. The van der Waals surface area contributed by atoms with E-state index < -0.39 is 11.9 Å².